The van der Waals surface area contributed by atoms with Crippen molar-refractivity contribution in [2.75, 3.05) is 19.0 Å². The summed E-state index contributed by atoms with van der Waals surface area (Å²) in [5.41, 5.74) is 0.447. The van der Waals surface area contributed by atoms with Gasteiger partial charge in [0.05, 0.1) is 22.3 Å². The molecule has 0 saturated heterocycles. The molecule has 13 heteroatoms. The first-order valence-corrected chi connectivity index (χ1v) is 12.7. The number of nitrogens with zero attached hydrogens (tertiary/aromatic N) is 2. The zero-order valence-electron chi connectivity index (χ0n) is 17.8. The Morgan fingerprint density at radius 3 is 2.79 bits per heavy atom. The normalized spacial score (nSPS) is 13.8. The first-order chi connectivity index (χ1) is 16.1. The fourth-order valence-corrected chi connectivity index (χ4v) is 6.04. The third-order valence-electron chi connectivity index (χ3n) is 5.25. The monoisotopic (exact) mass is 594 g/mol. The average molecular weight is 596 g/mol. The molecule has 2 aromatic heterocycles. The Balaban J connectivity index is 1.34. The first kappa shape index (κ1) is 25.2. The van der Waals surface area contributed by atoms with Crippen LogP contribution in [-0.4, -0.2) is 34.5 Å². The molecule has 34 heavy (non-hydrogen) atoms. The van der Waals surface area contributed by atoms with Gasteiger partial charge in [-0.15, -0.1) is 11.3 Å². The smallest absolute Gasteiger partial charge is 0.436 e. The second-order valence-electron chi connectivity index (χ2n) is 7.73. The van der Waals surface area contributed by atoms with Crippen LogP contribution in [0.15, 0.2) is 22.7 Å². The molecule has 1 aliphatic carbocycles. The van der Waals surface area contributed by atoms with Gasteiger partial charge >= 0.3 is 12.1 Å². The Bertz CT molecular complexity index is 1260. The zero-order chi connectivity index (χ0) is 24.6. The van der Waals surface area contributed by atoms with Crippen LogP contribution in [0, 0.1) is 0 Å². The SMILES string of the molecule is COC(=O)c1sc2cc(NC(=S)NCCCn3nc(C(F)(F)F)c(Br)c3C3CC3)ccc2c1Cl. The molecule has 2 heterocycles. The highest BCUT2D eigenvalue weighted by atomic mass is 79.9. The summed E-state index contributed by atoms with van der Waals surface area (Å²) in [5.74, 6) is -0.372. The lowest BCUT2D eigenvalue weighted by Gasteiger charge is -2.11. The van der Waals surface area contributed by atoms with Crippen molar-refractivity contribution in [3.8, 4) is 0 Å². The minimum absolute atomic E-state index is 0.0482. The largest absolute Gasteiger partial charge is 0.465 e. The van der Waals surface area contributed by atoms with Crippen molar-refractivity contribution in [1.82, 2.24) is 15.1 Å². The van der Waals surface area contributed by atoms with E-state index in [4.69, 9.17) is 28.6 Å². The number of carbonyl (C=O) groups excluding carboxylic acids is 1. The van der Waals surface area contributed by atoms with Gasteiger partial charge in [0.2, 0.25) is 0 Å². The maximum absolute atomic E-state index is 13.2. The summed E-state index contributed by atoms with van der Waals surface area (Å²) in [6.45, 7) is 0.792. The van der Waals surface area contributed by atoms with Gasteiger partial charge in [-0.05, 0) is 65.6 Å². The Hall–Kier alpha value is -1.89. The number of ether oxygens (including phenoxy) is 1. The molecule has 0 aliphatic heterocycles. The van der Waals surface area contributed by atoms with Gasteiger partial charge in [0.1, 0.15) is 4.88 Å². The van der Waals surface area contributed by atoms with Crippen LogP contribution in [-0.2, 0) is 17.5 Å². The predicted octanol–water partition coefficient (Wildman–Crippen LogP) is 6.57. The van der Waals surface area contributed by atoms with Gasteiger partial charge in [0.15, 0.2) is 10.8 Å². The van der Waals surface area contributed by atoms with E-state index in [1.54, 1.807) is 12.1 Å². The van der Waals surface area contributed by atoms with Crippen LogP contribution >= 0.6 is 51.1 Å². The molecule has 0 radical (unpaired) electrons. The molecule has 1 fully saturated rings. The number of nitrogens with one attached hydrogen (secondary N) is 2. The van der Waals surface area contributed by atoms with E-state index in [0.29, 0.717) is 45.9 Å². The fourth-order valence-electron chi connectivity index (χ4n) is 3.52. The first-order valence-electron chi connectivity index (χ1n) is 10.3. The van der Waals surface area contributed by atoms with Gasteiger partial charge in [0, 0.05) is 34.8 Å². The van der Waals surface area contributed by atoms with Crippen molar-refractivity contribution in [3.05, 3.63) is 44.0 Å². The molecule has 2 N–H and O–H groups in total. The highest BCUT2D eigenvalue weighted by molar-refractivity contribution is 9.10. The predicted molar refractivity (Wildman–Crippen MR) is 134 cm³/mol. The number of hydrogen-bond acceptors (Lipinski definition) is 5. The van der Waals surface area contributed by atoms with Gasteiger partial charge in [0.25, 0.3) is 0 Å². The number of hydrogen-bond donors (Lipinski definition) is 2. The Kier molecular flexibility index (Phi) is 7.41. The molecule has 3 aromatic rings. The van der Waals surface area contributed by atoms with E-state index >= 15 is 0 Å². The number of fused-ring (bicyclic) bond motifs is 1. The van der Waals surface area contributed by atoms with Crippen molar-refractivity contribution in [2.24, 2.45) is 0 Å². The van der Waals surface area contributed by atoms with Crippen LogP contribution < -0.4 is 10.6 Å². The minimum Gasteiger partial charge on any atom is -0.465 e. The van der Waals surface area contributed by atoms with E-state index in [1.807, 2.05) is 6.07 Å². The van der Waals surface area contributed by atoms with Crippen molar-refractivity contribution in [1.29, 1.82) is 0 Å². The summed E-state index contributed by atoms with van der Waals surface area (Å²) in [6, 6.07) is 5.41. The van der Waals surface area contributed by atoms with Crippen LogP contribution in [0.3, 0.4) is 0 Å². The van der Waals surface area contributed by atoms with Crippen LogP contribution in [0.25, 0.3) is 10.1 Å². The molecule has 0 amide bonds. The minimum atomic E-state index is -4.50. The topological polar surface area (TPSA) is 68.2 Å². The Labute approximate surface area is 215 Å². The average Bonchev–Trinajstić information content (AvgIpc) is 3.48. The molecule has 0 unspecified atom stereocenters. The molecule has 0 bridgehead atoms. The van der Waals surface area contributed by atoms with Crippen LogP contribution in [0.2, 0.25) is 5.02 Å². The molecule has 182 valence electrons. The maximum atomic E-state index is 13.2. The molecular weight excluding hydrogens is 577 g/mol. The number of aromatic nitrogens is 2. The summed E-state index contributed by atoms with van der Waals surface area (Å²) in [6.07, 6.45) is -2.22. The van der Waals surface area contributed by atoms with Gasteiger partial charge in [-0.2, -0.15) is 18.3 Å². The number of thiophene rings is 1. The second kappa shape index (κ2) is 10.00. The van der Waals surface area contributed by atoms with E-state index in [9.17, 15) is 18.0 Å². The summed E-state index contributed by atoms with van der Waals surface area (Å²) in [7, 11) is 1.30. The molecular formula is C21H19BrClF3N4O2S2. The highest BCUT2D eigenvalue weighted by Crippen LogP contribution is 2.47. The summed E-state index contributed by atoms with van der Waals surface area (Å²) in [5, 5.41) is 11.4. The lowest BCUT2D eigenvalue weighted by atomic mass is 10.2. The molecule has 0 spiro atoms. The number of aryl methyl sites for hydroxylation is 1. The van der Waals surface area contributed by atoms with Crippen LogP contribution in [0.1, 0.15) is 46.2 Å². The van der Waals surface area contributed by atoms with Crippen LogP contribution in [0.5, 0.6) is 0 Å². The Morgan fingerprint density at radius 2 is 2.15 bits per heavy atom. The summed E-state index contributed by atoms with van der Waals surface area (Å²) < 4.78 is 46.8. The van der Waals surface area contributed by atoms with E-state index in [1.165, 1.54) is 23.1 Å². The van der Waals surface area contributed by atoms with Gasteiger partial charge < -0.3 is 15.4 Å². The van der Waals surface area contributed by atoms with E-state index < -0.39 is 17.8 Å². The number of anilines is 1. The lowest BCUT2D eigenvalue weighted by molar-refractivity contribution is -0.142. The van der Waals surface area contributed by atoms with Gasteiger partial charge in [-0.3, -0.25) is 4.68 Å². The molecule has 1 aliphatic rings. The van der Waals surface area contributed by atoms with Gasteiger partial charge in [-0.25, -0.2) is 4.79 Å². The number of esters is 1. The number of rotatable bonds is 7. The second-order valence-corrected chi connectivity index (χ2v) is 10.4. The van der Waals surface area contributed by atoms with Gasteiger partial charge in [-0.1, -0.05) is 11.6 Å². The molecule has 0 atom stereocenters. The standard InChI is InChI=1S/C21H19BrClF3N4O2S2/c1-32-19(31)17-15(23)12-6-5-11(9-13(12)34-17)28-20(33)27-7-2-8-30-16(10-3-4-10)14(22)18(29-30)21(24,25)26/h5-6,9-10H,2-4,7-8H2,1H3,(H2,27,28,33). The quantitative estimate of drug-likeness (QED) is 0.183. The highest BCUT2D eigenvalue weighted by Gasteiger charge is 2.41. The van der Waals surface area contributed by atoms with Crippen molar-refractivity contribution < 1.29 is 22.7 Å². The number of halogens is 5. The number of thiocarbonyl (C=S) groups is 1. The summed E-state index contributed by atoms with van der Waals surface area (Å²) in [4.78, 5) is 12.2. The van der Waals surface area contributed by atoms with Crippen molar-refractivity contribution in [3.63, 3.8) is 0 Å². The van der Waals surface area contributed by atoms with E-state index in [0.717, 1.165) is 22.9 Å². The zero-order valence-corrected chi connectivity index (χ0v) is 21.7. The number of carbonyl (C=O) groups is 1. The van der Waals surface area contributed by atoms with Crippen LogP contribution in [0.4, 0.5) is 18.9 Å². The van der Waals surface area contributed by atoms with Crippen molar-refractivity contribution in [2.45, 2.75) is 37.9 Å². The van der Waals surface area contributed by atoms with E-state index in [-0.39, 0.29) is 10.4 Å². The number of alkyl halides is 3. The molecule has 1 saturated carbocycles. The fraction of sp³-hybridized carbons (Fsp3) is 0.381. The lowest BCUT2D eigenvalue weighted by Crippen LogP contribution is -2.29. The Morgan fingerprint density at radius 1 is 1.41 bits per heavy atom. The van der Waals surface area contributed by atoms with E-state index in [2.05, 4.69) is 31.7 Å². The molecule has 1 aromatic carbocycles. The number of methoxy groups -OCH3 is 1. The maximum Gasteiger partial charge on any atom is 0.436 e. The molecule has 4 rings (SSSR count). The number of benzene rings is 1. The third-order valence-corrected chi connectivity index (χ3v) is 7.92. The third kappa shape index (κ3) is 5.34. The van der Waals surface area contributed by atoms with Crippen molar-refractivity contribution >= 4 is 77.9 Å². The molecule has 6 nitrogen and oxygen atoms in total. The summed E-state index contributed by atoms with van der Waals surface area (Å²) >= 11 is 15.9.